The van der Waals surface area contributed by atoms with Crippen molar-refractivity contribution in [3.05, 3.63) is 28.6 Å². The Morgan fingerprint density at radius 1 is 1.36 bits per heavy atom. The third-order valence-corrected chi connectivity index (χ3v) is 5.04. The van der Waals surface area contributed by atoms with Gasteiger partial charge >= 0.3 is 0 Å². The van der Waals surface area contributed by atoms with E-state index in [1.165, 1.54) is 11.8 Å². The second-order valence-corrected chi connectivity index (χ2v) is 6.84. The minimum Gasteiger partial charge on any atom is -0.462 e. The molecule has 0 radical (unpaired) electrons. The molecule has 120 valence electrons. The molecule has 1 saturated heterocycles. The van der Waals surface area contributed by atoms with Crippen molar-refractivity contribution in [3.8, 4) is 0 Å². The summed E-state index contributed by atoms with van der Waals surface area (Å²) in [4.78, 5) is 17.1. The van der Waals surface area contributed by atoms with Crippen molar-refractivity contribution in [2.75, 3.05) is 26.2 Å². The monoisotopic (exact) mass is 338 g/mol. The first-order chi connectivity index (χ1) is 10.5. The Bertz CT molecular complexity index is 576. The Morgan fingerprint density at radius 3 is 2.68 bits per heavy atom. The van der Waals surface area contributed by atoms with Crippen molar-refractivity contribution < 1.29 is 9.21 Å². The van der Waals surface area contributed by atoms with Crippen LogP contribution in [-0.4, -0.2) is 46.2 Å². The van der Waals surface area contributed by atoms with Gasteiger partial charge < -0.3 is 9.32 Å². The van der Waals surface area contributed by atoms with Crippen LogP contribution in [0.4, 0.5) is 0 Å². The van der Waals surface area contributed by atoms with E-state index in [0.29, 0.717) is 21.5 Å². The molecule has 0 N–H and O–H groups in total. The molecule has 4 nitrogen and oxygen atoms in total. The van der Waals surface area contributed by atoms with Gasteiger partial charge in [0.2, 0.25) is 0 Å². The highest BCUT2D eigenvalue weighted by molar-refractivity contribution is 8.26. The summed E-state index contributed by atoms with van der Waals surface area (Å²) in [6, 6.07) is 3.75. The molecule has 1 aliphatic heterocycles. The van der Waals surface area contributed by atoms with Gasteiger partial charge in [-0.2, -0.15) is 0 Å². The highest BCUT2D eigenvalue weighted by atomic mass is 32.2. The van der Waals surface area contributed by atoms with Gasteiger partial charge in [0.1, 0.15) is 15.8 Å². The SMILES string of the molecule is CCN(CC)CCCN1C(=O)/C(=C/c2ccc(C)o2)SC1=S. The number of thiocarbonyl (C=S) groups is 1. The van der Waals surface area contributed by atoms with Crippen LogP contribution in [0.2, 0.25) is 0 Å². The molecule has 0 saturated carbocycles. The van der Waals surface area contributed by atoms with Crippen molar-refractivity contribution in [1.29, 1.82) is 0 Å². The molecule has 0 spiro atoms. The van der Waals surface area contributed by atoms with Gasteiger partial charge in [-0.15, -0.1) is 0 Å². The summed E-state index contributed by atoms with van der Waals surface area (Å²) in [6.45, 7) is 9.92. The predicted octanol–water partition coefficient (Wildman–Crippen LogP) is 3.52. The van der Waals surface area contributed by atoms with Crippen molar-refractivity contribution in [2.24, 2.45) is 0 Å². The minimum absolute atomic E-state index is 0.0106. The summed E-state index contributed by atoms with van der Waals surface area (Å²) in [6.07, 6.45) is 2.71. The average molecular weight is 338 g/mol. The Balaban J connectivity index is 1.95. The number of amides is 1. The Kier molecular flexibility index (Phi) is 6.23. The molecule has 2 rings (SSSR count). The lowest BCUT2D eigenvalue weighted by atomic mass is 10.3. The molecule has 22 heavy (non-hydrogen) atoms. The molecule has 0 atom stereocenters. The van der Waals surface area contributed by atoms with Gasteiger partial charge in [0.25, 0.3) is 5.91 Å². The molecule has 0 aliphatic carbocycles. The normalized spacial score (nSPS) is 17.3. The zero-order valence-corrected chi connectivity index (χ0v) is 14.9. The van der Waals surface area contributed by atoms with Crippen molar-refractivity contribution in [2.45, 2.75) is 27.2 Å². The Hall–Kier alpha value is -1.11. The topological polar surface area (TPSA) is 36.7 Å². The van der Waals surface area contributed by atoms with Crippen LogP contribution in [0.5, 0.6) is 0 Å². The maximum atomic E-state index is 12.4. The quantitative estimate of drug-likeness (QED) is 0.562. The van der Waals surface area contributed by atoms with E-state index in [-0.39, 0.29) is 5.91 Å². The Labute approximate surface area is 141 Å². The van der Waals surface area contributed by atoms with Gasteiger partial charge in [0.05, 0.1) is 4.91 Å². The first-order valence-electron chi connectivity index (χ1n) is 7.59. The maximum absolute atomic E-state index is 12.4. The molecule has 1 aromatic heterocycles. The molecular weight excluding hydrogens is 316 g/mol. The minimum atomic E-state index is -0.0106. The van der Waals surface area contributed by atoms with Crippen LogP contribution in [0.1, 0.15) is 31.8 Å². The van der Waals surface area contributed by atoms with Crippen molar-refractivity contribution in [3.63, 3.8) is 0 Å². The van der Waals surface area contributed by atoms with Crippen LogP contribution in [0.3, 0.4) is 0 Å². The summed E-state index contributed by atoms with van der Waals surface area (Å²) in [5, 5.41) is 0. The van der Waals surface area contributed by atoms with E-state index in [9.17, 15) is 4.79 Å². The summed E-state index contributed by atoms with van der Waals surface area (Å²) >= 11 is 6.69. The molecule has 6 heteroatoms. The van der Waals surface area contributed by atoms with Crippen LogP contribution >= 0.6 is 24.0 Å². The van der Waals surface area contributed by atoms with E-state index in [1.807, 2.05) is 19.1 Å². The third kappa shape index (κ3) is 4.21. The fourth-order valence-electron chi connectivity index (χ4n) is 2.35. The zero-order chi connectivity index (χ0) is 16.1. The highest BCUT2D eigenvalue weighted by Gasteiger charge is 2.31. The van der Waals surface area contributed by atoms with Crippen LogP contribution in [-0.2, 0) is 4.79 Å². The van der Waals surface area contributed by atoms with Crippen molar-refractivity contribution in [1.82, 2.24) is 9.80 Å². The summed E-state index contributed by atoms with van der Waals surface area (Å²) in [5.41, 5.74) is 0. The van der Waals surface area contributed by atoms with Crippen LogP contribution < -0.4 is 0 Å². The van der Waals surface area contributed by atoms with Gasteiger partial charge in [-0.05, 0) is 45.1 Å². The lowest BCUT2D eigenvalue weighted by Crippen LogP contribution is -2.32. The first kappa shape index (κ1) is 17.2. The average Bonchev–Trinajstić information content (AvgIpc) is 3.01. The number of carbonyl (C=O) groups is 1. The molecule has 1 aromatic rings. The molecular formula is C16H22N2O2S2. The molecule has 1 aliphatic rings. The lowest BCUT2D eigenvalue weighted by Gasteiger charge is -2.20. The number of rotatable bonds is 7. The highest BCUT2D eigenvalue weighted by Crippen LogP contribution is 2.32. The number of hydrogen-bond donors (Lipinski definition) is 0. The smallest absolute Gasteiger partial charge is 0.266 e. The van der Waals surface area contributed by atoms with E-state index in [1.54, 1.807) is 11.0 Å². The standard InChI is InChI=1S/C16H22N2O2S2/c1-4-17(5-2)9-6-10-18-15(19)14(22-16(18)21)11-13-8-7-12(3)20-13/h7-8,11H,4-6,9-10H2,1-3H3/b14-11-. The molecule has 0 unspecified atom stereocenters. The number of furan rings is 1. The van der Waals surface area contributed by atoms with Crippen LogP contribution in [0.15, 0.2) is 21.5 Å². The third-order valence-electron chi connectivity index (χ3n) is 3.66. The second-order valence-electron chi connectivity index (χ2n) is 5.16. The van der Waals surface area contributed by atoms with E-state index in [0.717, 1.165) is 31.8 Å². The fraction of sp³-hybridized carbons (Fsp3) is 0.500. The first-order valence-corrected chi connectivity index (χ1v) is 8.81. The van der Waals surface area contributed by atoms with Gasteiger partial charge in [0.15, 0.2) is 0 Å². The number of carbonyl (C=O) groups excluding carboxylic acids is 1. The van der Waals surface area contributed by atoms with E-state index in [2.05, 4.69) is 18.7 Å². The van der Waals surface area contributed by atoms with E-state index < -0.39 is 0 Å². The number of thioether (sulfide) groups is 1. The van der Waals surface area contributed by atoms with Gasteiger partial charge in [-0.3, -0.25) is 9.69 Å². The zero-order valence-electron chi connectivity index (χ0n) is 13.3. The summed E-state index contributed by atoms with van der Waals surface area (Å²) < 4.78 is 6.13. The largest absolute Gasteiger partial charge is 0.462 e. The molecule has 1 fully saturated rings. The van der Waals surface area contributed by atoms with E-state index in [4.69, 9.17) is 16.6 Å². The maximum Gasteiger partial charge on any atom is 0.266 e. The Morgan fingerprint density at radius 2 is 2.09 bits per heavy atom. The van der Waals surface area contributed by atoms with E-state index >= 15 is 0 Å². The van der Waals surface area contributed by atoms with Crippen LogP contribution in [0, 0.1) is 6.92 Å². The molecule has 0 bridgehead atoms. The van der Waals surface area contributed by atoms with Gasteiger partial charge in [0, 0.05) is 12.6 Å². The number of aryl methyl sites for hydroxylation is 1. The summed E-state index contributed by atoms with van der Waals surface area (Å²) in [5.74, 6) is 1.52. The van der Waals surface area contributed by atoms with Gasteiger partial charge in [-0.25, -0.2) is 0 Å². The molecule has 2 heterocycles. The predicted molar refractivity (Wildman–Crippen MR) is 95.7 cm³/mol. The molecule has 1 amide bonds. The van der Waals surface area contributed by atoms with Crippen molar-refractivity contribution >= 4 is 40.3 Å². The second kappa shape index (κ2) is 7.94. The fourth-order valence-corrected chi connectivity index (χ4v) is 3.63. The lowest BCUT2D eigenvalue weighted by molar-refractivity contribution is -0.122. The summed E-state index contributed by atoms with van der Waals surface area (Å²) in [7, 11) is 0. The van der Waals surface area contributed by atoms with Crippen LogP contribution in [0.25, 0.3) is 6.08 Å². The van der Waals surface area contributed by atoms with Gasteiger partial charge in [-0.1, -0.05) is 37.8 Å². The number of nitrogens with zero attached hydrogens (tertiary/aromatic N) is 2. The number of hydrogen-bond acceptors (Lipinski definition) is 5. The molecule has 0 aromatic carbocycles.